The zero-order chi connectivity index (χ0) is 14.0. The Morgan fingerprint density at radius 3 is 2.58 bits per heavy atom. The van der Waals surface area contributed by atoms with Crippen LogP contribution in [0.2, 0.25) is 0 Å². The Labute approximate surface area is 112 Å². The molecule has 1 heterocycles. The molecule has 0 saturated carbocycles. The molecule has 1 aromatic rings. The number of hydrogen-bond acceptors (Lipinski definition) is 4. The van der Waals surface area contributed by atoms with Gasteiger partial charge in [-0.1, -0.05) is 13.3 Å². The van der Waals surface area contributed by atoms with Gasteiger partial charge in [0, 0.05) is 12.8 Å². The predicted octanol–water partition coefficient (Wildman–Crippen LogP) is 1.68. The molecule has 0 radical (unpaired) electrons. The van der Waals surface area contributed by atoms with E-state index >= 15 is 0 Å². The lowest BCUT2D eigenvalue weighted by Crippen LogP contribution is -2.42. The Kier molecular flexibility index (Phi) is 3.85. The van der Waals surface area contributed by atoms with E-state index in [0.29, 0.717) is 23.4 Å². The van der Waals surface area contributed by atoms with Crippen LogP contribution in [0.4, 0.5) is 5.69 Å². The van der Waals surface area contributed by atoms with Gasteiger partial charge in [0.1, 0.15) is 0 Å². The van der Waals surface area contributed by atoms with Crippen molar-refractivity contribution in [3.05, 3.63) is 29.3 Å². The second-order valence-electron chi connectivity index (χ2n) is 4.68. The maximum atomic E-state index is 12.3. The summed E-state index contributed by atoms with van der Waals surface area (Å²) >= 11 is 0. The highest BCUT2D eigenvalue weighted by molar-refractivity contribution is 6.21. The summed E-state index contributed by atoms with van der Waals surface area (Å²) in [5.74, 6) is -0.529. The van der Waals surface area contributed by atoms with Crippen LogP contribution in [0, 0.1) is 0 Å². The Hall–Kier alpha value is -1.88. The van der Waals surface area contributed by atoms with Gasteiger partial charge in [-0.05, 0) is 24.6 Å². The fourth-order valence-electron chi connectivity index (χ4n) is 2.42. The second kappa shape index (κ2) is 5.40. The molecule has 2 amide bonds. The van der Waals surface area contributed by atoms with Crippen molar-refractivity contribution >= 4 is 17.5 Å². The number of carbonyl (C=O) groups is 2. The van der Waals surface area contributed by atoms with Crippen molar-refractivity contribution in [3.8, 4) is 0 Å². The first-order valence-electron chi connectivity index (χ1n) is 6.36. The molecule has 2 N–H and O–H groups in total. The number of rotatable bonds is 5. The predicted molar refractivity (Wildman–Crippen MR) is 71.9 cm³/mol. The van der Waals surface area contributed by atoms with Crippen molar-refractivity contribution in [2.75, 3.05) is 19.5 Å². The van der Waals surface area contributed by atoms with Crippen LogP contribution in [-0.2, 0) is 4.74 Å². The molecular formula is C14H18N2O3. The van der Waals surface area contributed by atoms with E-state index in [0.717, 1.165) is 12.8 Å². The van der Waals surface area contributed by atoms with Crippen LogP contribution in [0.1, 0.15) is 40.5 Å². The molecule has 0 fully saturated rings. The Morgan fingerprint density at radius 2 is 1.95 bits per heavy atom. The maximum Gasteiger partial charge on any atom is 0.261 e. The SMILES string of the molecule is CCCC(COC)N1C(=O)c2ccc(N)cc2C1=O. The molecule has 1 aromatic carbocycles. The molecule has 0 aliphatic carbocycles. The summed E-state index contributed by atoms with van der Waals surface area (Å²) in [5, 5.41) is 0. The number of amides is 2. The number of hydrogen-bond donors (Lipinski definition) is 1. The van der Waals surface area contributed by atoms with Crippen LogP contribution < -0.4 is 5.73 Å². The third-order valence-electron chi connectivity index (χ3n) is 3.29. The lowest BCUT2D eigenvalue weighted by atomic mass is 10.1. The first-order chi connectivity index (χ1) is 9.10. The van der Waals surface area contributed by atoms with Crippen LogP contribution in [-0.4, -0.2) is 36.5 Å². The molecule has 0 saturated heterocycles. The molecule has 1 aliphatic heterocycles. The molecule has 1 aliphatic rings. The van der Waals surface area contributed by atoms with Crippen LogP contribution in [0.15, 0.2) is 18.2 Å². The van der Waals surface area contributed by atoms with E-state index < -0.39 is 0 Å². The summed E-state index contributed by atoms with van der Waals surface area (Å²) in [5.41, 5.74) is 6.98. The first-order valence-corrected chi connectivity index (χ1v) is 6.36. The summed E-state index contributed by atoms with van der Waals surface area (Å²) in [6.07, 6.45) is 1.61. The Balaban J connectivity index is 2.35. The second-order valence-corrected chi connectivity index (χ2v) is 4.68. The molecule has 0 spiro atoms. The maximum absolute atomic E-state index is 12.3. The van der Waals surface area contributed by atoms with E-state index in [-0.39, 0.29) is 17.9 Å². The number of nitrogens with zero attached hydrogens (tertiary/aromatic N) is 1. The number of fused-ring (bicyclic) bond motifs is 1. The first kappa shape index (κ1) is 13.5. The molecular weight excluding hydrogens is 244 g/mol. The number of nitrogen functional groups attached to an aromatic ring is 1. The van der Waals surface area contributed by atoms with Gasteiger partial charge in [-0.25, -0.2) is 0 Å². The molecule has 5 nitrogen and oxygen atoms in total. The number of anilines is 1. The van der Waals surface area contributed by atoms with E-state index in [1.165, 1.54) is 4.90 Å². The standard InChI is InChI=1S/C14H18N2O3/c1-3-4-10(8-19-2)16-13(17)11-6-5-9(15)7-12(11)14(16)18/h5-7,10H,3-4,8,15H2,1-2H3. The van der Waals surface area contributed by atoms with E-state index in [2.05, 4.69) is 0 Å². The monoisotopic (exact) mass is 262 g/mol. The number of benzene rings is 1. The van der Waals surface area contributed by atoms with E-state index in [4.69, 9.17) is 10.5 Å². The van der Waals surface area contributed by atoms with Crippen molar-refractivity contribution < 1.29 is 14.3 Å². The number of imide groups is 1. The normalized spacial score (nSPS) is 15.8. The molecule has 0 bridgehead atoms. The molecule has 2 rings (SSSR count). The van der Waals surface area contributed by atoms with Crippen LogP contribution in [0.3, 0.4) is 0 Å². The van der Waals surface area contributed by atoms with Gasteiger partial charge in [-0.2, -0.15) is 0 Å². The lowest BCUT2D eigenvalue weighted by molar-refractivity contribution is 0.0458. The molecule has 1 unspecified atom stereocenters. The highest BCUT2D eigenvalue weighted by Crippen LogP contribution is 2.27. The zero-order valence-corrected chi connectivity index (χ0v) is 11.2. The number of nitrogens with two attached hydrogens (primary N) is 1. The average molecular weight is 262 g/mol. The molecule has 19 heavy (non-hydrogen) atoms. The number of carbonyl (C=O) groups excluding carboxylic acids is 2. The lowest BCUT2D eigenvalue weighted by Gasteiger charge is -2.25. The molecule has 102 valence electrons. The van der Waals surface area contributed by atoms with Crippen LogP contribution in [0.25, 0.3) is 0 Å². The summed E-state index contributed by atoms with van der Waals surface area (Å²) in [4.78, 5) is 26.0. The van der Waals surface area contributed by atoms with Gasteiger partial charge in [0.15, 0.2) is 0 Å². The third-order valence-corrected chi connectivity index (χ3v) is 3.29. The van der Waals surface area contributed by atoms with E-state index in [1.807, 2.05) is 6.92 Å². The minimum Gasteiger partial charge on any atom is -0.399 e. The topological polar surface area (TPSA) is 72.6 Å². The van der Waals surface area contributed by atoms with Crippen molar-refractivity contribution in [3.63, 3.8) is 0 Å². The molecule has 5 heteroatoms. The highest BCUT2D eigenvalue weighted by Gasteiger charge is 2.39. The van der Waals surface area contributed by atoms with Crippen LogP contribution in [0.5, 0.6) is 0 Å². The minimum absolute atomic E-state index is 0.219. The van der Waals surface area contributed by atoms with Gasteiger partial charge in [0.2, 0.25) is 0 Å². The minimum atomic E-state index is -0.275. The molecule has 1 atom stereocenters. The fourth-order valence-corrected chi connectivity index (χ4v) is 2.42. The Morgan fingerprint density at radius 1 is 1.26 bits per heavy atom. The van der Waals surface area contributed by atoms with E-state index in [9.17, 15) is 9.59 Å². The summed E-state index contributed by atoms with van der Waals surface area (Å²) in [6.45, 7) is 2.37. The summed E-state index contributed by atoms with van der Waals surface area (Å²) < 4.78 is 5.12. The van der Waals surface area contributed by atoms with Crippen molar-refractivity contribution in [2.24, 2.45) is 0 Å². The van der Waals surface area contributed by atoms with Crippen molar-refractivity contribution in [1.29, 1.82) is 0 Å². The van der Waals surface area contributed by atoms with Crippen LogP contribution >= 0.6 is 0 Å². The van der Waals surface area contributed by atoms with Gasteiger partial charge in [-0.3, -0.25) is 14.5 Å². The fraction of sp³-hybridized carbons (Fsp3) is 0.429. The summed E-state index contributed by atoms with van der Waals surface area (Å²) in [6, 6.07) is 4.59. The third kappa shape index (κ3) is 2.33. The number of methoxy groups -OCH3 is 1. The highest BCUT2D eigenvalue weighted by atomic mass is 16.5. The molecule has 0 aromatic heterocycles. The van der Waals surface area contributed by atoms with Gasteiger partial charge >= 0.3 is 0 Å². The van der Waals surface area contributed by atoms with Gasteiger partial charge in [0.25, 0.3) is 11.8 Å². The zero-order valence-electron chi connectivity index (χ0n) is 11.2. The van der Waals surface area contributed by atoms with Gasteiger partial charge in [-0.15, -0.1) is 0 Å². The quantitative estimate of drug-likeness (QED) is 0.647. The van der Waals surface area contributed by atoms with Crippen molar-refractivity contribution in [2.45, 2.75) is 25.8 Å². The summed E-state index contributed by atoms with van der Waals surface area (Å²) in [7, 11) is 1.57. The average Bonchev–Trinajstić information content (AvgIpc) is 2.61. The van der Waals surface area contributed by atoms with Gasteiger partial charge in [0.05, 0.1) is 23.8 Å². The number of ether oxygens (including phenoxy) is 1. The van der Waals surface area contributed by atoms with Crippen molar-refractivity contribution in [1.82, 2.24) is 4.90 Å². The van der Waals surface area contributed by atoms with E-state index in [1.54, 1.807) is 25.3 Å². The largest absolute Gasteiger partial charge is 0.399 e. The Bertz CT molecular complexity index is 507. The van der Waals surface area contributed by atoms with Gasteiger partial charge < -0.3 is 10.5 Å². The smallest absolute Gasteiger partial charge is 0.261 e.